The van der Waals surface area contributed by atoms with Crippen molar-refractivity contribution in [2.75, 3.05) is 13.1 Å². The van der Waals surface area contributed by atoms with E-state index < -0.39 is 4.92 Å². The lowest BCUT2D eigenvalue weighted by Crippen LogP contribution is -2.40. The molecular weight excluding hydrogens is 320 g/mol. The summed E-state index contributed by atoms with van der Waals surface area (Å²) >= 11 is 0. The van der Waals surface area contributed by atoms with Crippen LogP contribution in [0.5, 0.6) is 0 Å². The van der Waals surface area contributed by atoms with Crippen molar-refractivity contribution >= 4 is 11.6 Å². The maximum absolute atomic E-state index is 12.5. The Morgan fingerprint density at radius 1 is 1.08 bits per heavy atom. The number of non-ortho nitro benzene ring substituents is 1. The number of hydrogen-bond acceptors (Lipinski definition) is 4. The van der Waals surface area contributed by atoms with Crippen molar-refractivity contribution in [2.24, 2.45) is 0 Å². The van der Waals surface area contributed by atoms with Gasteiger partial charge < -0.3 is 9.64 Å². The summed E-state index contributed by atoms with van der Waals surface area (Å²) < 4.78 is 5.93. The second-order valence-corrected chi connectivity index (χ2v) is 6.09. The van der Waals surface area contributed by atoms with Crippen LogP contribution in [0.1, 0.15) is 28.8 Å². The van der Waals surface area contributed by atoms with Crippen molar-refractivity contribution in [1.29, 1.82) is 0 Å². The second-order valence-electron chi connectivity index (χ2n) is 6.09. The molecule has 0 N–H and O–H groups in total. The monoisotopic (exact) mass is 340 g/mol. The number of nitro groups is 1. The molecule has 0 aromatic heterocycles. The predicted molar refractivity (Wildman–Crippen MR) is 93.3 cm³/mol. The number of amides is 1. The smallest absolute Gasteiger partial charge is 0.269 e. The van der Waals surface area contributed by atoms with Gasteiger partial charge in [0.2, 0.25) is 0 Å². The van der Waals surface area contributed by atoms with Gasteiger partial charge in [-0.05, 0) is 30.5 Å². The molecule has 1 fully saturated rings. The summed E-state index contributed by atoms with van der Waals surface area (Å²) in [7, 11) is 0. The quantitative estimate of drug-likeness (QED) is 0.617. The lowest BCUT2D eigenvalue weighted by molar-refractivity contribution is -0.384. The predicted octanol–water partition coefficient (Wildman–Crippen LogP) is 3.42. The van der Waals surface area contributed by atoms with Gasteiger partial charge in [0.25, 0.3) is 11.6 Å². The molecule has 1 heterocycles. The number of piperidine rings is 1. The molecule has 0 spiro atoms. The van der Waals surface area contributed by atoms with Gasteiger partial charge in [0, 0.05) is 30.8 Å². The first kappa shape index (κ1) is 17.1. The highest BCUT2D eigenvalue weighted by molar-refractivity contribution is 5.94. The molecule has 130 valence electrons. The summed E-state index contributed by atoms with van der Waals surface area (Å²) in [5, 5.41) is 10.7. The van der Waals surface area contributed by atoms with Crippen molar-refractivity contribution in [3.8, 4) is 0 Å². The number of likely N-dealkylation sites (tertiary alicyclic amines) is 1. The Labute approximate surface area is 146 Å². The summed E-state index contributed by atoms with van der Waals surface area (Å²) in [6.07, 6.45) is 1.75. The average Bonchev–Trinajstić information content (AvgIpc) is 2.67. The van der Waals surface area contributed by atoms with Crippen LogP contribution in [0, 0.1) is 10.1 Å². The molecule has 0 radical (unpaired) electrons. The normalized spacial score (nSPS) is 15.1. The molecular formula is C19H20N2O4. The molecule has 0 saturated carbocycles. The van der Waals surface area contributed by atoms with Crippen LogP contribution in [0.15, 0.2) is 54.6 Å². The van der Waals surface area contributed by atoms with Crippen molar-refractivity contribution in [1.82, 2.24) is 4.90 Å². The molecule has 1 saturated heterocycles. The number of benzene rings is 2. The SMILES string of the molecule is O=C(c1ccc([N+](=O)[O-])cc1)N1CCC(OCc2ccccc2)CC1. The van der Waals surface area contributed by atoms with Crippen molar-refractivity contribution in [3.05, 3.63) is 75.8 Å². The van der Waals surface area contributed by atoms with E-state index in [1.54, 1.807) is 4.90 Å². The largest absolute Gasteiger partial charge is 0.373 e. The molecule has 0 aliphatic carbocycles. The molecule has 0 atom stereocenters. The van der Waals surface area contributed by atoms with Crippen LogP contribution in [0.3, 0.4) is 0 Å². The molecule has 2 aromatic carbocycles. The van der Waals surface area contributed by atoms with Crippen LogP contribution in [0.4, 0.5) is 5.69 Å². The summed E-state index contributed by atoms with van der Waals surface area (Å²) in [4.78, 5) is 24.5. The summed E-state index contributed by atoms with van der Waals surface area (Å²) in [5.41, 5.74) is 1.62. The highest BCUT2D eigenvalue weighted by Gasteiger charge is 2.24. The van der Waals surface area contributed by atoms with Gasteiger partial charge in [-0.1, -0.05) is 30.3 Å². The van der Waals surface area contributed by atoms with Gasteiger partial charge in [-0.2, -0.15) is 0 Å². The van der Waals surface area contributed by atoms with Crippen LogP contribution in [0.2, 0.25) is 0 Å². The zero-order chi connectivity index (χ0) is 17.6. The fourth-order valence-corrected chi connectivity index (χ4v) is 2.92. The Kier molecular flexibility index (Phi) is 5.40. The van der Waals surface area contributed by atoms with E-state index >= 15 is 0 Å². The Morgan fingerprint density at radius 3 is 2.32 bits per heavy atom. The van der Waals surface area contributed by atoms with E-state index in [2.05, 4.69) is 0 Å². The van der Waals surface area contributed by atoms with Gasteiger partial charge in [-0.25, -0.2) is 0 Å². The van der Waals surface area contributed by atoms with E-state index in [4.69, 9.17) is 4.74 Å². The van der Waals surface area contributed by atoms with Crippen LogP contribution in [-0.4, -0.2) is 34.9 Å². The van der Waals surface area contributed by atoms with E-state index in [1.807, 2.05) is 30.3 Å². The molecule has 0 bridgehead atoms. The lowest BCUT2D eigenvalue weighted by atomic mass is 10.1. The molecule has 2 aromatic rings. The fourth-order valence-electron chi connectivity index (χ4n) is 2.92. The third-order valence-electron chi connectivity index (χ3n) is 4.38. The number of hydrogen-bond donors (Lipinski definition) is 0. The molecule has 1 aliphatic heterocycles. The van der Waals surface area contributed by atoms with Gasteiger partial charge >= 0.3 is 0 Å². The molecule has 3 rings (SSSR count). The van der Waals surface area contributed by atoms with Crippen LogP contribution in [0.25, 0.3) is 0 Å². The molecule has 25 heavy (non-hydrogen) atoms. The van der Waals surface area contributed by atoms with Crippen LogP contribution < -0.4 is 0 Å². The third-order valence-corrected chi connectivity index (χ3v) is 4.38. The topological polar surface area (TPSA) is 72.7 Å². The van der Waals surface area contributed by atoms with Crippen molar-refractivity contribution in [2.45, 2.75) is 25.6 Å². The molecule has 0 unspecified atom stereocenters. The Hall–Kier alpha value is -2.73. The van der Waals surface area contributed by atoms with Gasteiger partial charge in [0.15, 0.2) is 0 Å². The molecule has 1 aliphatic rings. The van der Waals surface area contributed by atoms with E-state index in [9.17, 15) is 14.9 Å². The zero-order valence-electron chi connectivity index (χ0n) is 13.8. The van der Waals surface area contributed by atoms with E-state index in [0.29, 0.717) is 25.3 Å². The minimum Gasteiger partial charge on any atom is -0.373 e. The second kappa shape index (κ2) is 7.90. The summed E-state index contributed by atoms with van der Waals surface area (Å²) in [5.74, 6) is -0.0867. The van der Waals surface area contributed by atoms with E-state index in [-0.39, 0.29) is 17.7 Å². The van der Waals surface area contributed by atoms with Crippen molar-refractivity contribution < 1.29 is 14.5 Å². The van der Waals surface area contributed by atoms with Crippen LogP contribution in [-0.2, 0) is 11.3 Å². The first-order valence-electron chi connectivity index (χ1n) is 8.33. The first-order chi connectivity index (χ1) is 12.1. The van der Waals surface area contributed by atoms with Gasteiger partial charge in [0.05, 0.1) is 17.6 Å². The van der Waals surface area contributed by atoms with E-state index in [0.717, 1.165) is 18.4 Å². The van der Waals surface area contributed by atoms with Crippen LogP contribution >= 0.6 is 0 Å². The van der Waals surface area contributed by atoms with Gasteiger partial charge in [-0.15, -0.1) is 0 Å². The minimum atomic E-state index is -0.468. The number of nitro benzene ring substituents is 1. The number of carbonyl (C=O) groups is 1. The number of nitrogens with zero attached hydrogens (tertiary/aromatic N) is 2. The van der Waals surface area contributed by atoms with E-state index in [1.165, 1.54) is 24.3 Å². The Bertz CT molecular complexity index is 723. The molecule has 1 amide bonds. The van der Waals surface area contributed by atoms with Crippen molar-refractivity contribution in [3.63, 3.8) is 0 Å². The fraction of sp³-hybridized carbons (Fsp3) is 0.316. The summed E-state index contributed by atoms with van der Waals surface area (Å²) in [6.45, 7) is 1.85. The number of carbonyl (C=O) groups excluding carboxylic acids is 1. The standard InChI is InChI=1S/C19H20N2O4/c22-19(16-6-8-17(9-7-16)21(23)24)20-12-10-18(11-13-20)25-14-15-4-2-1-3-5-15/h1-9,18H,10-14H2. The lowest BCUT2D eigenvalue weighted by Gasteiger charge is -2.32. The Balaban J connectivity index is 1.49. The maximum atomic E-state index is 12.5. The number of ether oxygens (including phenoxy) is 1. The minimum absolute atomic E-state index is 0.00966. The number of rotatable bonds is 5. The van der Waals surface area contributed by atoms with Gasteiger partial charge in [0.1, 0.15) is 0 Å². The molecule has 6 heteroatoms. The zero-order valence-corrected chi connectivity index (χ0v) is 13.8. The highest BCUT2D eigenvalue weighted by Crippen LogP contribution is 2.19. The highest BCUT2D eigenvalue weighted by atomic mass is 16.6. The van der Waals surface area contributed by atoms with Gasteiger partial charge in [-0.3, -0.25) is 14.9 Å². The first-order valence-corrected chi connectivity index (χ1v) is 8.33. The molecule has 6 nitrogen and oxygen atoms in total. The maximum Gasteiger partial charge on any atom is 0.269 e. The third kappa shape index (κ3) is 4.42. The summed E-state index contributed by atoms with van der Waals surface area (Å²) in [6, 6.07) is 15.8. The Morgan fingerprint density at radius 2 is 1.72 bits per heavy atom. The average molecular weight is 340 g/mol.